The second-order valence-corrected chi connectivity index (χ2v) is 6.32. The molecule has 0 N–H and O–H groups in total. The Morgan fingerprint density at radius 2 is 1.64 bits per heavy atom. The Kier molecular flexibility index (Phi) is 7.17. The number of esters is 2. The molecule has 0 saturated carbocycles. The molecular weight excluding hydrogens is 388 g/mol. The van der Waals surface area contributed by atoms with Gasteiger partial charge >= 0.3 is 11.9 Å². The quantitative estimate of drug-likeness (QED) is 0.648. The van der Waals surface area contributed by atoms with Crippen LogP contribution in [0.4, 0.5) is 0 Å². The molecule has 150 valence electrons. The number of rotatable bonds is 7. The van der Waals surface area contributed by atoms with Gasteiger partial charge < -0.3 is 14.4 Å². The van der Waals surface area contributed by atoms with Crippen LogP contribution in [-0.4, -0.2) is 54.1 Å². The first-order valence-electron chi connectivity index (χ1n) is 8.68. The Bertz CT molecular complexity index is 923. The molecule has 9 heteroatoms. The highest BCUT2D eigenvalue weighted by Crippen LogP contribution is 2.26. The molecule has 0 aromatic carbocycles. The number of amides is 1. The van der Waals surface area contributed by atoms with Crippen LogP contribution in [0.25, 0.3) is 11.3 Å². The summed E-state index contributed by atoms with van der Waals surface area (Å²) in [6, 6.07) is 6.19. The summed E-state index contributed by atoms with van der Waals surface area (Å²) in [6.07, 6.45) is 0. The summed E-state index contributed by atoms with van der Waals surface area (Å²) < 4.78 is 10.9. The van der Waals surface area contributed by atoms with E-state index in [1.165, 1.54) is 13.1 Å². The van der Waals surface area contributed by atoms with Gasteiger partial charge in [0.1, 0.15) is 18.7 Å². The van der Waals surface area contributed by atoms with Crippen molar-refractivity contribution in [1.29, 1.82) is 0 Å². The zero-order valence-corrected chi connectivity index (χ0v) is 16.6. The van der Waals surface area contributed by atoms with E-state index in [0.29, 0.717) is 16.3 Å². The predicted molar refractivity (Wildman–Crippen MR) is 103 cm³/mol. The lowest BCUT2D eigenvalue weighted by molar-refractivity contribution is -0.144. The molecule has 0 atom stereocenters. The molecule has 8 nitrogen and oxygen atoms in total. The zero-order chi connectivity index (χ0) is 20.8. The normalized spacial score (nSPS) is 10.6. The summed E-state index contributed by atoms with van der Waals surface area (Å²) in [5.74, 6) is -1.85. The Morgan fingerprint density at radius 3 is 2.29 bits per heavy atom. The monoisotopic (exact) mass is 408 g/mol. The zero-order valence-electron chi connectivity index (χ0n) is 15.9. The molecule has 2 aliphatic rings. The maximum Gasteiger partial charge on any atom is 0.326 e. The number of halogens is 1. The molecule has 28 heavy (non-hydrogen) atoms. The molecule has 0 fully saturated rings. The fraction of sp³-hybridized carbons (Fsp3) is 0.368. The molecule has 0 aromatic heterocycles. The highest BCUT2D eigenvalue weighted by molar-refractivity contribution is 6.30. The van der Waals surface area contributed by atoms with Gasteiger partial charge in [-0.25, -0.2) is 0 Å². The molecule has 0 spiro atoms. The third-order valence-corrected chi connectivity index (χ3v) is 4.18. The van der Waals surface area contributed by atoms with Crippen molar-refractivity contribution in [2.24, 2.45) is 0 Å². The number of nitrogens with zero attached hydrogens (tertiary/aromatic N) is 2. The summed E-state index contributed by atoms with van der Waals surface area (Å²) >= 11 is 6.02. The topological polar surface area (TPSA) is 94.9 Å². The van der Waals surface area contributed by atoms with Crippen molar-refractivity contribution in [2.45, 2.75) is 20.4 Å². The highest BCUT2D eigenvalue weighted by atomic mass is 35.5. The lowest BCUT2D eigenvalue weighted by Gasteiger charge is -2.15. The molecule has 0 radical (unpaired) electrons. The Morgan fingerprint density at radius 1 is 1.04 bits per heavy atom. The van der Waals surface area contributed by atoms with Crippen molar-refractivity contribution in [3.63, 3.8) is 0 Å². The molecule has 1 aliphatic heterocycles. The average molecular weight is 409 g/mol. The number of hydrogen-bond donors (Lipinski definition) is 0. The van der Waals surface area contributed by atoms with E-state index >= 15 is 0 Å². The van der Waals surface area contributed by atoms with E-state index in [4.69, 9.17) is 21.1 Å². The van der Waals surface area contributed by atoms with Gasteiger partial charge in [0.25, 0.3) is 11.5 Å². The van der Waals surface area contributed by atoms with Gasteiger partial charge in [0, 0.05) is 17.6 Å². The van der Waals surface area contributed by atoms with Crippen LogP contribution >= 0.6 is 11.6 Å². The molecule has 0 unspecified atom stereocenters. The highest BCUT2D eigenvalue weighted by Gasteiger charge is 2.29. The van der Waals surface area contributed by atoms with Crippen molar-refractivity contribution < 1.29 is 23.9 Å². The molecule has 1 heterocycles. The third-order valence-electron chi connectivity index (χ3n) is 3.93. The van der Waals surface area contributed by atoms with Gasteiger partial charge in [-0.3, -0.25) is 23.7 Å². The van der Waals surface area contributed by atoms with Crippen molar-refractivity contribution in [3.8, 4) is 11.3 Å². The summed E-state index contributed by atoms with van der Waals surface area (Å²) in [6.45, 7) is 3.00. The van der Waals surface area contributed by atoms with E-state index in [2.05, 4.69) is 0 Å². The van der Waals surface area contributed by atoms with Crippen LogP contribution in [0.15, 0.2) is 29.1 Å². The largest absolute Gasteiger partial charge is 0.465 e. The van der Waals surface area contributed by atoms with Crippen LogP contribution in [0.5, 0.6) is 0 Å². The fourth-order valence-electron chi connectivity index (χ4n) is 2.72. The Hall–Kier alpha value is -2.87. The standard InChI is InChI=1S/C19H21ClN2O6/c1-4-27-15(23)10-21(3)18(25)17-13-8-6-12(20)7-9-14(13)22(19(17)26)11-16(24)28-5-2/h6-9H,4-5,10-11H2,1-3H3. The molecule has 1 amide bonds. The van der Waals surface area contributed by atoms with Gasteiger partial charge in [-0.1, -0.05) is 17.7 Å². The minimum atomic E-state index is -0.659. The molecule has 2 rings (SSSR count). The predicted octanol–water partition coefficient (Wildman–Crippen LogP) is 1.80. The van der Waals surface area contributed by atoms with Gasteiger partial charge in [0.05, 0.1) is 18.9 Å². The molecule has 0 saturated heterocycles. The van der Waals surface area contributed by atoms with E-state index in [1.54, 1.807) is 32.0 Å². The average Bonchev–Trinajstić information content (AvgIpc) is 2.76. The number of hydrogen-bond acceptors (Lipinski definition) is 6. The van der Waals surface area contributed by atoms with Crippen molar-refractivity contribution >= 4 is 29.4 Å². The smallest absolute Gasteiger partial charge is 0.326 e. The van der Waals surface area contributed by atoms with E-state index in [9.17, 15) is 19.2 Å². The van der Waals surface area contributed by atoms with E-state index in [0.717, 1.165) is 9.47 Å². The van der Waals surface area contributed by atoms with Gasteiger partial charge in [0.15, 0.2) is 0 Å². The number of carbonyl (C=O) groups is 3. The number of ether oxygens (including phenoxy) is 2. The van der Waals surface area contributed by atoms with Crippen molar-refractivity contribution in [1.82, 2.24) is 9.47 Å². The van der Waals surface area contributed by atoms with Crippen LogP contribution in [0.3, 0.4) is 0 Å². The minimum absolute atomic E-state index is 0.154. The first kappa shape index (κ1) is 21.4. The van der Waals surface area contributed by atoms with Crippen LogP contribution in [-0.2, 0) is 25.6 Å². The van der Waals surface area contributed by atoms with Gasteiger partial charge in [0.2, 0.25) is 0 Å². The lowest BCUT2D eigenvalue weighted by Crippen LogP contribution is -2.36. The SMILES string of the molecule is CCOC(=O)CN(C)C(=O)c1c2ccc(Cl)ccc-2n(CC(=O)OCC)c1=O. The number of aromatic nitrogens is 1. The Labute approximate surface area is 166 Å². The van der Waals surface area contributed by atoms with Gasteiger partial charge in [-0.05, 0) is 32.0 Å². The minimum Gasteiger partial charge on any atom is -0.465 e. The van der Waals surface area contributed by atoms with Crippen molar-refractivity contribution in [3.05, 3.63) is 45.2 Å². The maximum atomic E-state index is 12.9. The third kappa shape index (κ3) is 4.69. The van der Waals surface area contributed by atoms with Crippen LogP contribution in [0.1, 0.15) is 24.2 Å². The van der Waals surface area contributed by atoms with Crippen molar-refractivity contribution in [2.75, 3.05) is 26.8 Å². The first-order valence-corrected chi connectivity index (χ1v) is 9.06. The van der Waals surface area contributed by atoms with E-state index in [-0.39, 0.29) is 31.9 Å². The first-order chi connectivity index (χ1) is 13.3. The molecule has 1 aliphatic carbocycles. The van der Waals surface area contributed by atoms with Crippen LogP contribution in [0, 0.1) is 0 Å². The summed E-state index contributed by atoms with van der Waals surface area (Å²) in [7, 11) is 1.39. The van der Waals surface area contributed by atoms with Crippen LogP contribution in [0.2, 0.25) is 5.02 Å². The maximum absolute atomic E-state index is 12.9. The molecule has 0 bridgehead atoms. The second kappa shape index (κ2) is 9.36. The van der Waals surface area contributed by atoms with E-state index < -0.39 is 23.4 Å². The summed E-state index contributed by atoms with van der Waals surface area (Å²) in [5.41, 5.74) is -0.121. The molecular formula is C19H21ClN2O6. The molecule has 0 aromatic rings. The van der Waals surface area contributed by atoms with E-state index in [1.807, 2.05) is 0 Å². The number of fused-ring (bicyclic) bond motifs is 1. The van der Waals surface area contributed by atoms with Gasteiger partial charge in [-0.15, -0.1) is 0 Å². The van der Waals surface area contributed by atoms with Gasteiger partial charge in [-0.2, -0.15) is 0 Å². The second-order valence-electron chi connectivity index (χ2n) is 5.89. The number of carbonyl (C=O) groups excluding carboxylic acids is 3. The lowest BCUT2D eigenvalue weighted by atomic mass is 10.1. The summed E-state index contributed by atoms with van der Waals surface area (Å²) in [5, 5.41) is 0.393. The summed E-state index contributed by atoms with van der Waals surface area (Å²) in [4.78, 5) is 50.5. The number of likely N-dealkylation sites (N-methyl/N-ethyl adjacent to an activating group) is 1. The van der Waals surface area contributed by atoms with Crippen LogP contribution < -0.4 is 5.56 Å². The fourth-order valence-corrected chi connectivity index (χ4v) is 2.85. The Balaban J connectivity index is 2.52.